The zero-order chi connectivity index (χ0) is 27.0. The van der Waals surface area contributed by atoms with E-state index < -0.39 is 0 Å². The van der Waals surface area contributed by atoms with Crippen molar-refractivity contribution >= 4 is 0 Å². The molecular formula is C30H44O8. The zero-order valence-corrected chi connectivity index (χ0v) is 23.4. The third-order valence-corrected chi connectivity index (χ3v) is 5.95. The van der Waals surface area contributed by atoms with Gasteiger partial charge in [-0.25, -0.2) is 0 Å². The molecule has 0 aromatic heterocycles. The first-order chi connectivity index (χ1) is 18.5. The Labute approximate surface area is 227 Å². The molecule has 38 heavy (non-hydrogen) atoms. The van der Waals surface area contributed by atoms with Gasteiger partial charge in [0.15, 0.2) is 23.0 Å². The Balaban J connectivity index is 1.53. The Morgan fingerprint density at radius 2 is 0.684 bits per heavy atom. The van der Waals surface area contributed by atoms with Crippen LogP contribution >= 0.6 is 0 Å². The first-order valence-corrected chi connectivity index (χ1v) is 13.6. The zero-order valence-electron chi connectivity index (χ0n) is 23.4. The van der Waals surface area contributed by atoms with Crippen LogP contribution in [0.4, 0.5) is 0 Å². The predicted octanol–water partition coefficient (Wildman–Crippen LogP) is 5.23. The van der Waals surface area contributed by atoms with Crippen molar-refractivity contribution in [3.05, 3.63) is 47.5 Å². The lowest BCUT2D eigenvalue weighted by atomic mass is 10.0. The highest BCUT2D eigenvalue weighted by Gasteiger charge is 2.11. The molecule has 1 aliphatic heterocycles. The van der Waals surface area contributed by atoms with E-state index in [0.29, 0.717) is 114 Å². The van der Waals surface area contributed by atoms with Crippen molar-refractivity contribution in [2.45, 2.75) is 39.5 Å². The van der Waals surface area contributed by atoms with E-state index in [1.165, 1.54) is 11.1 Å². The topological polar surface area (TPSA) is 73.8 Å². The van der Waals surface area contributed by atoms with Crippen molar-refractivity contribution in [2.24, 2.45) is 0 Å². The summed E-state index contributed by atoms with van der Waals surface area (Å²) in [6.07, 6.45) is 0. The van der Waals surface area contributed by atoms with E-state index in [2.05, 4.69) is 39.8 Å². The molecule has 212 valence electrons. The minimum absolute atomic E-state index is 0.392. The average molecular weight is 533 g/mol. The third kappa shape index (κ3) is 10.7. The van der Waals surface area contributed by atoms with Gasteiger partial charge in [0.2, 0.25) is 0 Å². The maximum Gasteiger partial charge on any atom is 0.161 e. The molecule has 0 saturated heterocycles. The molecule has 3 rings (SSSR count). The monoisotopic (exact) mass is 532 g/mol. The van der Waals surface area contributed by atoms with Crippen molar-refractivity contribution in [2.75, 3.05) is 79.3 Å². The van der Waals surface area contributed by atoms with Crippen LogP contribution in [0.2, 0.25) is 0 Å². The first-order valence-electron chi connectivity index (χ1n) is 13.6. The molecule has 0 bridgehead atoms. The van der Waals surface area contributed by atoms with Crippen LogP contribution in [0.15, 0.2) is 36.4 Å². The van der Waals surface area contributed by atoms with Gasteiger partial charge >= 0.3 is 0 Å². The molecule has 8 nitrogen and oxygen atoms in total. The minimum Gasteiger partial charge on any atom is -0.487 e. The Hall–Kier alpha value is -2.52. The van der Waals surface area contributed by atoms with Crippen molar-refractivity contribution < 1.29 is 37.9 Å². The fourth-order valence-electron chi connectivity index (χ4n) is 3.72. The van der Waals surface area contributed by atoms with Gasteiger partial charge in [-0.2, -0.15) is 0 Å². The quantitative estimate of drug-likeness (QED) is 0.521. The summed E-state index contributed by atoms with van der Waals surface area (Å²) in [6, 6.07) is 12.1. The molecular weight excluding hydrogens is 488 g/mol. The van der Waals surface area contributed by atoms with Crippen LogP contribution in [0, 0.1) is 0 Å². The number of rotatable bonds is 2. The van der Waals surface area contributed by atoms with Crippen LogP contribution in [0.25, 0.3) is 0 Å². The molecule has 2 aromatic rings. The highest BCUT2D eigenvalue weighted by molar-refractivity contribution is 5.44. The third-order valence-electron chi connectivity index (χ3n) is 5.95. The van der Waals surface area contributed by atoms with Gasteiger partial charge in [0.05, 0.1) is 52.9 Å². The van der Waals surface area contributed by atoms with Gasteiger partial charge in [-0.05, 0) is 47.2 Å². The van der Waals surface area contributed by atoms with E-state index in [0.717, 1.165) is 0 Å². The van der Waals surface area contributed by atoms with Gasteiger partial charge in [0, 0.05) is 0 Å². The van der Waals surface area contributed by atoms with Crippen LogP contribution in [0.3, 0.4) is 0 Å². The number of hydrogen-bond acceptors (Lipinski definition) is 8. The highest BCUT2D eigenvalue weighted by Crippen LogP contribution is 2.32. The maximum absolute atomic E-state index is 5.99. The molecule has 0 radical (unpaired) electrons. The fraction of sp³-hybridized carbons (Fsp3) is 0.600. The second-order valence-corrected chi connectivity index (χ2v) is 9.57. The molecule has 0 atom stereocenters. The minimum atomic E-state index is 0.392. The van der Waals surface area contributed by atoms with Gasteiger partial charge in [-0.1, -0.05) is 39.8 Å². The molecule has 1 aliphatic rings. The summed E-state index contributed by atoms with van der Waals surface area (Å²) in [5.41, 5.74) is 2.38. The lowest BCUT2D eigenvalue weighted by molar-refractivity contribution is 0.0223. The van der Waals surface area contributed by atoms with Gasteiger partial charge in [0.25, 0.3) is 0 Å². The summed E-state index contributed by atoms with van der Waals surface area (Å²) in [5, 5.41) is 0. The second-order valence-electron chi connectivity index (χ2n) is 9.57. The first kappa shape index (κ1) is 30.0. The van der Waals surface area contributed by atoms with Gasteiger partial charge in [-0.3, -0.25) is 0 Å². The summed E-state index contributed by atoms with van der Waals surface area (Å²) in [7, 11) is 0. The second kappa shape index (κ2) is 17.1. The molecule has 2 aromatic carbocycles. The standard InChI is InChI=1S/C30H44O8/c1-23(2)25-5-7-27-29(21-25)37-19-15-33-11-9-32-14-18-36-28-8-6-26(24(3)4)22-30(28)38-20-16-34-12-10-31-13-17-35-27/h5-8,21-24H,9-20H2,1-4H3. The van der Waals surface area contributed by atoms with Gasteiger partial charge in [-0.15, -0.1) is 0 Å². The van der Waals surface area contributed by atoms with Crippen molar-refractivity contribution in [3.8, 4) is 23.0 Å². The Morgan fingerprint density at radius 1 is 0.395 bits per heavy atom. The van der Waals surface area contributed by atoms with E-state index in [4.69, 9.17) is 37.9 Å². The van der Waals surface area contributed by atoms with Crippen LogP contribution in [0.5, 0.6) is 23.0 Å². The Morgan fingerprint density at radius 3 is 1.00 bits per heavy atom. The Bertz CT molecular complexity index is 855. The predicted molar refractivity (Wildman–Crippen MR) is 146 cm³/mol. The maximum atomic E-state index is 5.99. The fourth-order valence-corrected chi connectivity index (χ4v) is 3.72. The molecule has 8 heteroatoms. The van der Waals surface area contributed by atoms with E-state index in [1.54, 1.807) is 0 Å². The SMILES string of the molecule is CC(C)c1ccc2c(c1)OCCOCCOCCOc1ccc(C(C)C)cc1OCCOCCOCCO2. The van der Waals surface area contributed by atoms with E-state index in [1.807, 2.05) is 24.3 Å². The van der Waals surface area contributed by atoms with E-state index in [9.17, 15) is 0 Å². The molecule has 0 saturated carbocycles. The molecule has 0 spiro atoms. The Kier molecular flexibility index (Phi) is 13.5. The van der Waals surface area contributed by atoms with Crippen molar-refractivity contribution in [3.63, 3.8) is 0 Å². The lowest BCUT2D eigenvalue weighted by Gasteiger charge is -2.16. The lowest BCUT2D eigenvalue weighted by Crippen LogP contribution is -2.15. The number of fused-ring (bicyclic) bond motifs is 2. The molecule has 0 fully saturated rings. The molecule has 0 unspecified atom stereocenters. The summed E-state index contributed by atoms with van der Waals surface area (Å²) >= 11 is 0. The number of hydrogen-bond donors (Lipinski definition) is 0. The summed E-state index contributed by atoms with van der Waals surface area (Å²) in [6.45, 7) is 14.0. The van der Waals surface area contributed by atoms with Crippen LogP contribution in [0.1, 0.15) is 50.7 Å². The summed E-state index contributed by atoms with van der Waals surface area (Å²) in [4.78, 5) is 0. The number of benzene rings is 2. The summed E-state index contributed by atoms with van der Waals surface area (Å²) < 4.78 is 46.5. The van der Waals surface area contributed by atoms with Gasteiger partial charge in [0.1, 0.15) is 26.4 Å². The average Bonchev–Trinajstić information content (AvgIpc) is 2.91. The molecule has 0 N–H and O–H groups in total. The summed E-state index contributed by atoms with van der Waals surface area (Å²) in [5.74, 6) is 3.61. The van der Waals surface area contributed by atoms with Crippen LogP contribution < -0.4 is 18.9 Å². The van der Waals surface area contributed by atoms with Crippen LogP contribution in [-0.4, -0.2) is 79.3 Å². The van der Waals surface area contributed by atoms with Crippen molar-refractivity contribution in [1.82, 2.24) is 0 Å². The highest BCUT2D eigenvalue weighted by atomic mass is 16.6. The smallest absolute Gasteiger partial charge is 0.161 e. The van der Waals surface area contributed by atoms with E-state index >= 15 is 0 Å². The normalized spacial score (nSPS) is 17.6. The number of ether oxygens (including phenoxy) is 8. The molecule has 0 amide bonds. The molecule has 1 heterocycles. The largest absolute Gasteiger partial charge is 0.487 e. The van der Waals surface area contributed by atoms with Crippen LogP contribution in [-0.2, 0) is 18.9 Å². The molecule has 0 aliphatic carbocycles. The van der Waals surface area contributed by atoms with Crippen molar-refractivity contribution in [1.29, 1.82) is 0 Å². The van der Waals surface area contributed by atoms with Gasteiger partial charge < -0.3 is 37.9 Å². The van der Waals surface area contributed by atoms with E-state index in [-0.39, 0.29) is 0 Å².